The van der Waals surface area contributed by atoms with Gasteiger partial charge in [-0.3, -0.25) is 9.69 Å². The van der Waals surface area contributed by atoms with Crippen molar-refractivity contribution in [3.63, 3.8) is 0 Å². The molecule has 0 bridgehead atoms. The van der Waals surface area contributed by atoms with Crippen LogP contribution in [0.25, 0.3) is 10.2 Å². The summed E-state index contributed by atoms with van der Waals surface area (Å²) in [5.74, 6) is 1.48. The first-order valence-electron chi connectivity index (χ1n) is 9.61. The maximum atomic E-state index is 12.7. The van der Waals surface area contributed by atoms with Gasteiger partial charge in [-0.05, 0) is 59.9 Å². The van der Waals surface area contributed by atoms with E-state index < -0.39 is 0 Å². The molecule has 142 valence electrons. The normalized spacial score (nSPS) is 14.8. The Morgan fingerprint density at radius 1 is 1.19 bits per heavy atom. The van der Waals surface area contributed by atoms with Gasteiger partial charge in [0.05, 0.1) is 10.6 Å². The molecule has 0 aliphatic heterocycles. The number of carbonyl (C=O) groups excluding carboxylic acids is 1. The molecule has 0 aromatic carbocycles. The van der Waals surface area contributed by atoms with E-state index in [-0.39, 0.29) is 5.91 Å². The Balaban J connectivity index is 1.74. The van der Waals surface area contributed by atoms with Crippen LogP contribution in [0.15, 0.2) is 0 Å². The molecular weight excluding hydrogens is 344 g/mol. The molecule has 1 N–H and O–H groups in total. The van der Waals surface area contributed by atoms with E-state index >= 15 is 0 Å². The zero-order chi connectivity index (χ0) is 19.0. The molecule has 2 aromatic heterocycles. The fourth-order valence-corrected chi connectivity index (χ4v) is 4.75. The Bertz CT molecular complexity index is 800. The molecule has 0 unspecified atom stereocenters. The second-order valence-corrected chi connectivity index (χ2v) is 8.86. The number of amides is 1. The second-order valence-electron chi connectivity index (χ2n) is 7.86. The van der Waals surface area contributed by atoms with Crippen molar-refractivity contribution in [1.29, 1.82) is 0 Å². The van der Waals surface area contributed by atoms with Gasteiger partial charge in [0.2, 0.25) is 0 Å². The summed E-state index contributed by atoms with van der Waals surface area (Å²) in [5.41, 5.74) is 2.00. The maximum absolute atomic E-state index is 12.7. The van der Waals surface area contributed by atoms with E-state index in [1.165, 1.54) is 24.2 Å². The number of rotatable bonds is 7. The van der Waals surface area contributed by atoms with Gasteiger partial charge in [-0.1, -0.05) is 0 Å². The highest BCUT2D eigenvalue weighted by Gasteiger charge is 2.28. The zero-order valence-electron chi connectivity index (χ0n) is 16.7. The van der Waals surface area contributed by atoms with Crippen LogP contribution in [0.1, 0.15) is 73.2 Å². The van der Waals surface area contributed by atoms with Crippen LogP contribution in [0, 0.1) is 13.8 Å². The average Bonchev–Trinajstić information content (AvgIpc) is 3.34. The van der Waals surface area contributed by atoms with Crippen LogP contribution >= 0.6 is 11.3 Å². The number of nitrogens with one attached hydrogen (secondary N) is 1. The number of nitrogens with zero attached hydrogens (tertiary/aromatic N) is 3. The summed E-state index contributed by atoms with van der Waals surface area (Å²) in [7, 11) is 0. The summed E-state index contributed by atoms with van der Waals surface area (Å²) >= 11 is 1.50. The third kappa shape index (κ3) is 3.91. The summed E-state index contributed by atoms with van der Waals surface area (Å²) in [5, 5.41) is 4.14. The molecule has 0 atom stereocenters. The van der Waals surface area contributed by atoms with Crippen LogP contribution in [-0.2, 0) is 0 Å². The molecule has 0 spiro atoms. The zero-order valence-corrected chi connectivity index (χ0v) is 17.5. The molecule has 2 aromatic rings. The topological polar surface area (TPSA) is 58.1 Å². The van der Waals surface area contributed by atoms with Crippen molar-refractivity contribution in [1.82, 2.24) is 20.2 Å². The van der Waals surface area contributed by atoms with Crippen LogP contribution in [0.3, 0.4) is 0 Å². The van der Waals surface area contributed by atoms with Crippen molar-refractivity contribution < 1.29 is 4.79 Å². The van der Waals surface area contributed by atoms with Crippen molar-refractivity contribution in [2.24, 2.45) is 0 Å². The van der Waals surface area contributed by atoms with Crippen molar-refractivity contribution in [2.45, 2.75) is 72.4 Å². The van der Waals surface area contributed by atoms with Crippen molar-refractivity contribution in [3.8, 4) is 0 Å². The Hall–Kier alpha value is -1.53. The third-order valence-corrected chi connectivity index (χ3v) is 6.30. The Labute approximate surface area is 160 Å². The van der Waals surface area contributed by atoms with E-state index in [1.54, 1.807) is 0 Å². The van der Waals surface area contributed by atoms with Gasteiger partial charge in [0.25, 0.3) is 5.91 Å². The number of thiophene rings is 1. The minimum absolute atomic E-state index is 0.00494. The SMILES string of the molecule is Cc1nc(C2CC2)nc2sc(C(=O)NCCN(C(C)C)C(C)C)c(C)c12. The number of aromatic nitrogens is 2. The van der Waals surface area contributed by atoms with Gasteiger partial charge in [0.15, 0.2) is 0 Å². The fraction of sp³-hybridized carbons (Fsp3) is 0.650. The molecule has 0 saturated heterocycles. The van der Waals surface area contributed by atoms with Gasteiger partial charge in [0, 0.05) is 36.5 Å². The lowest BCUT2D eigenvalue weighted by Crippen LogP contribution is -2.42. The Kier molecular flexibility index (Phi) is 5.63. The average molecular weight is 375 g/mol. The summed E-state index contributed by atoms with van der Waals surface area (Å²) in [6.07, 6.45) is 2.37. The first-order chi connectivity index (χ1) is 12.3. The highest BCUT2D eigenvalue weighted by molar-refractivity contribution is 7.20. The standard InChI is InChI=1S/C20H30N4OS/c1-11(2)24(12(3)4)10-9-21-19(25)17-13(5)16-14(6)22-18(15-7-8-15)23-20(16)26-17/h11-12,15H,7-10H2,1-6H3,(H,21,25). The van der Waals surface area contributed by atoms with Gasteiger partial charge in [-0.25, -0.2) is 9.97 Å². The van der Waals surface area contributed by atoms with Crippen LogP contribution < -0.4 is 5.32 Å². The summed E-state index contributed by atoms with van der Waals surface area (Å²) in [4.78, 5) is 26.3. The minimum atomic E-state index is 0.00494. The molecule has 3 rings (SSSR count). The van der Waals surface area contributed by atoms with Crippen LogP contribution in [0.4, 0.5) is 0 Å². The molecule has 0 radical (unpaired) electrons. The smallest absolute Gasteiger partial charge is 0.261 e. The molecule has 26 heavy (non-hydrogen) atoms. The highest BCUT2D eigenvalue weighted by atomic mass is 32.1. The quantitative estimate of drug-likeness (QED) is 0.795. The van der Waals surface area contributed by atoms with Crippen LogP contribution in [-0.4, -0.2) is 45.9 Å². The van der Waals surface area contributed by atoms with Crippen molar-refractivity contribution in [2.75, 3.05) is 13.1 Å². The van der Waals surface area contributed by atoms with Gasteiger partial charge in [0.1, 0.15) is 10.7 Å². The van der Waals surface area contributed by atoms with E-state index in [1.807, 2.05) is 13.8 Å². The lowest BCUT2D eigenvalue weighted by atomic mass is 10.1. The Morgan fingerprint density at radius 2 is 1.85 bits per heavy atom. The summed E-state index contributed by atoms with van der Waals surface area (Å²) in [6.45, 7) is 14.3. The lowest BCUT2D eigenvalue weighted by molar-refractivity contribution is 0.0943. The van der Waals surface area contributed by atoms with E-state index in [9.17, 15) is 4.79 Å². The van der Waals surface area contributed by atoms with E-state index in [0.29, 0.717) is 24.5 Å². The Morgan fingerprint density at radius 3 is 2.42 bits per heavy atom. The molecule has 1 amide bonds. The molecule has 2 heterocycles. The number of hydrogen-bond acceptors (Lipinski definition) is 5. The first-order valence-corrected chi connectivity index (χ1v) is 10.4. The van der Waals surface area contributed by atoms with Gasteiger partial charge < -0.3 is 5.32 Å². The van der Waals surface area contributed by atoms with Crippen LogP contribution in [0.5, 0.6) is 0 Å². The molecule has 1 aliphatic rings. The lowest BCUT2D eigenvalue weighted by Gasteiger charge is -2.30. The molecular formula is C20H30N4OS. The van der Waals surface area contributed by atoms with Gasteiger partial charge >= 0.3 is 0 Å². The van der Waals surface area contributed by atoms with Crippen LogP contribution in [0.2, 0.25) is 0 Å². The fourth-order valence-electron chi connectivity index (χ4n) is 3.59. The molecule has 5 nitrogen and oxygen atoms in total. The van der Waals surface area contributed by atoms with E-state index in [4.69, 9.17) is 4.98 Å². The number of fused-ring (bicyclic) bond motifs is 1. The number of hydrogen-bond donors (Lipinski definition) is 1. The van der Waals surface area contributed by atoms with E-state index in [0.717, 1.165) is 38.7 Å². The minimum Gasteiger partial charge on any atom is -0.350 e. The molecule has 6 heteroatoms. The maximum Gasteiger partial charge on any atom is 0.261 e. The predicted octanol–water partition coefficient (Wildman–Crippen LogP) is 4.03. The third-order valence-electron chi connectivity index (χ3n) is 5.12. The summed E-state index contributed by atoms with van der Waals surface area (Å²) < 4.78 is 0. The number of carbonyl (C=O) groups is 1. The second kappa shape index (κ2) is 7.61. The molecule has 1 aliphatic carbocycles. The van der Waals surface area contributed by atoms with E-state index in [2.05, 4.69) is 42.9 Å². The van der Waals surface area contributed by atoms with Gasteiger partial charge in [-0.2, -0.15) is 0 Å². The van der Waals surface area contributed by atoms with Gasteiger partial charge in [-0.15, -0.1) is 11.3 Å². The highest BCUT2D eigenvalue weighted by Crippen LogP contribution is 2.40. The summed E-state index contributed by atoms with van der Waals surface area (Å²) in [6, 6.07) is 0.938. The first kappa shape index (κ1) is 19.2. The monoisotopic (exact) mass is 374 g/mol. The molecule has 1 saturated carbocycles. The van der Waals surface area contributed by atoms with Crippen molar-refractivity contribution >= 4 is 27.5 Å². The number of aryl methyl sites for hydroxylation is 2. The molecule has 1 fully saturated rings. The predicted molar refractivity (Wildman–Crippen MR) is 108 cm³/mol. The largest absolute Gasteiger partial charge is 0.350 e. The van der Waals surface area contributed by atoms with Crippen molar-refractivity contribution in [3.05, 3.63) is 22.0 Å².